The van der Waals surface area contributed by atoms with Crippen LogP contribution in [-0.4, -0.2) is 62.2 Å². The fraction of sp³-hybridized carbons (Fsp3) is 0.250. The average Bonchev–Trinajstić information content (AvgIpc) is 3.23. The molecular formula is C24H24N6O. The predicted molar refractivity (Wildman–Crippen MR) is 119 cm³/mol. The Hall–Kier alpha value is -3.58. The van der Waals surface area contributed by atoms with Crippen molar-refractivity contribution in [3.05, 3.63) is 83.9 Å². The van der Waals surface area contributed by atoms with Gasteiger partial charge < -0.3 is 4.90 Å². The van der Waals surface area contributed by atoms with Gasteiger partial charge in [-0.05, 0) is 37.7 Å². The molecule has 4 aromatic rings. The van der Waals surface area contributed by atoms with Crippen LogP contribution in [0.15, 0.2) is 67.0 Å². The highest BCUT2D eigenvalue weighted by Crippen LogP contribution is 2.28. The van der Waals surface area contributed by atoms with E-state index in [-0.39, 0.29) is 11.9 Å². The van der Waals surface area contributed by atoms with Gasteiger partial charge in [-0.2, -0.15) is 0 Å². The number of rotatable bonds is 3. The Morgan fingerprint density at radius 3 is 2.58 bits per heavy atom. The SMILES string of the molecule is Cc1ccc(-c2ccc3c([C@@H]4CN(C(=O)c5ccccn5)CCN4C)nnn3c2)cc1. The number of likely N-dealkylation sites (N-methyl/N-ethyl adjacent to an activating group) is 1. The monoisotopic (exact) mass is 412 g/mol. The number of amides is 1. The largest absolute Gasteiger partial charge is 0.334 e. The summed E-state index contributed by atoms with van der Waals surface area (Å²) in [6.07, 6.45) is 3.66. The predicted octanol–water partition coefficient (Wildman–Crippen LogP) is 3.23. The lowest BCUT2D eigenvalue weighted by atomic mass is 10.0. The zero-order valence-electron chi connectivity index (χ0n) is 17.6. The minimum Gasteiger partial charge on any atom is -0.334 e. The third kappa shape index (κ3) is 3.68. The van der Waals surface area contributed by atoms with Crippen molar-refractivity contribution in [3.63, 3.8) is 0 Å². The van der Waals surface area contributed by atoms with Crippen LogP contribution in [0.1, 0.15) is 27.8 Å². The number of carbonyl (C=O) groups excluding carboxylic acids is 1. The van der Waals surface area contributed by atoms with Crippen molar-refractivity contribution in [1.82, 2.24) is 29.6 Å². The Morgan fingerprint density at radius 2 is 1.81 bits per heavy atom. The van der Waals surface area contributed by atoms with Crippen molar-refractivity contribution in [2.45, 2.75) is 13.0 Å². The van der Waals surface area contributed by atoms with E-state index in [0.29, 0.717) is 18.8 Å². The lowest BCUT2D eigenvalue weighted by Gasteiger charge is -2.38. The molecule has 0 aliphatic carbocycles. The van der Waals surface area contributed by atoms with Gasteiger partial charge in [0.05, 0.1) is 11.6 Å². The van der Waals surface area contributed by atoms with Crippen LogP contribution in [0.2, 0.25) is 0 Å². The van der Waals surface area contributed by atoms with Gasteiger partial charge in [0.15, 0.2) is 0 Å². The van der Waals surface area contributed by atoms with E-state index < -0.39 is 0 Å². The zero-order valence-corrected chi connectivity index (χ0v) is 17.6. The molecule has 1 aliphatic heterocycles. The standard InChI is InChI=1S/C24H24N6O/c1-17-6-8-18(9-7-17)19-10-11-21-23(26-27-30(21)15-19)22-16-29(14-13-28(22)2)24(31)20-5-3-4-12-25-20/h3-12,15,22H,13-14,16H2,1-2H3/t22-/m0/s1. The van der Waals surface area contributed by atoms with Gasteiger partial charge in [-0.25, -0.2) is 4.52 Å². The van der Waals surface area contributed by atoms with Crippen LogP contribution in [0.3, 0.4) is 0 Å². The van der Waals surface area contributed by atoms with Gasteiger partial charge in [-0.15, -0.1) is 5.10 Å². The number of aryl methyl sites for hydroxylation is 1. The number of pyridine rings is 2. The van der Waals surface area contributed by atoms with Crippen molar-refractivity contribution in [2.75, 3.05) is 26.7 Å². The number of nitrogens with zero attached hydrogens (tertiary/aromatic N) is 6. The quantitative estimate of drug-likeness (QED) is 0.517. The molecule has 1 saturated heterocycles. The first-order valence-corrected chi connectivity index (χ1v) is 10.4. The Balaban J connectivity index is 1.43. The molecule has 7 nitrogen and oxygen atoms in total. The maximum atomic E-state index is 12.9. The van der Waals surface area contributed by atoms with E-state index in [1.165, 1.54) is 5.56 Å². The lowest BCUT2D eigenvalue weighted by molar-refractivity contribution is 0.0536. The number of fused-ring (bicyclic) bond motifs is 1. The number of benzene rings is 1. The average molecular weight is 412 g/mol. The highest BCUT2D eigenvalue weighted by molar-refractivity contribution is 5.92. The molecule has 1 aromatic carbocycles. The first-order valence-electron chi connectivity index (χ1n) is 10.4. The normalized spacial score (nSPS) is 17.2. The molecule has 1 fully saturated rings. The topological polar surface area (TPSA) is 66.6 Å². The van der Waals surface area contributed by atoms with Crippen LogP contribution in [0, 0.1) is 6.92 Å². The van der Waals surface area contributed by atoms with E-state index >= 15 is 0 Å². The first kappa shape index (κ1) is 19.4. The molecule has 0 bridgehead atoms. The summed E-state index contributed by atoms with van der Waals surface area (Å²) in [5.41, 5.74) is 5.79. The van der Waals surface area contributed by atoms with Crippen LogP contribution in [0.25, 0.3) is 16.6 Å². The Labute approximate surface area is 180 Å². The molecule has 0 radical (unpaired) electrons. The highest BCUT2D eigenvalue weighted by Gasteiger charge is 2.32. The highest BCUT2D eigenvalue weighted by atomic mass is 16.2. The zero-order chi connectivity index (χ0) is 21.4. The minimum absolute atomic E-state index is 0.0239. The summed E-state index contributed by atoms with van der Waals surface area (Å²) in [7, 11) is 2.07. The van der Waals surface area contributed by atoms with Crippen LogP contribution < -0.4 is 0 Å². The van der Waals surface area contributed by atoms with Crippen molar-refractivity contribution >= 4 is 11.4 Å². The van der Waals surface area contributed by atoms with E-state index in [0.717, 1.165) is 28.9 Å². The molecule has 31 heavy (non-hydrogen) atoms. The molecule has 5 rings (SSSR count). The first-order chi connectivity index (χ1) is 15.1. The van der Waals surface area contributed by atoms with Gasteiger partial charge in [0.1, 0.15) is 11.4 Å². The van der Waals surface area contributed by atoms with Crippen LogP contribution >= 0.6 is 0 Å². The molecule has 0 unspecified atom stereocenters. The second kappa shape index (κ2) is 7.92. The van der Waals surface area contributed by atoms with E-state index in [1.807, 2.05) is 27.7 Å². The van der Waals surface area contributed by atoms with Crippen molar-refractivity contribution in [3.8, 4) is 11.1 Å². The van der Waals surface area contributed by atoms with Crippen molar-refractivity contribution in [1.29, 1.82) is 0 Å². The molecule has 1 atom stereocenters. The summed E-state index contributed by atoms with van der Waals surface area (Å²) in [4.78, 5) is 21.2. The molecule has 7 heteroatoms. The number of hydrogen-bond acceptors (Lipinski definition) is 5. The smallest absolute Gasteiger partial charge is 0.272 e. The summed E-state index contributed by atoms with van der Waals surface area (Å²) >= 11 is 0. The second-order valence-electron chi connectivity index (χ2n) is 8.05. The summed E-state index contributed by atoms with van der Waals surface area (Å²) in [5.74, 6) is -0.0446. The molecule has 4 heterocycles. The van der Waals surface area contributed by atoms with Gasteiger partial charge >= 0.3 is 0 Å². The van der Waals surface area contributed by atoms with E-state index in [4.69, 9.17) is 0 Å². The minimum atomic E-state index is -0.0446. The van der Waals surface area contributed by atoms with Crippen molar-refractivity contribution < 1.29 is 4.79 Å². The van der Waals surface area contributed by atoms with Gasteiger partial charge in [-0.3, -0.25) is 14.7 Å². The molecule has 0 N–H and O–H groups in total. The van der Waals surface area contributed by atoms with E-state index in [2.05, 4.69) is 70.6 Å². The van der Waals surface area contributed by atoms with Gasteiger partial charge in [0.25, 0.3) is 5.91 Å². The van der Waals surface area contributed by atoms with E-state index in [1.54, 1.807) is 12.3 Å². The fourth-order valence-corrected chi connectivity index (χ4v) is 4.07. The molecule has 3 aromatic heterocycles. The summed E-state index contributed by atoms with van der Waals surface area (Å²) in [5, 5.41) is 8.89. The number of piperazine rings is 1. The molecular weight excluding hydrogens is 388 g/mol. The molecule has 1 amide bonds. The number of aromatic nitrogens is 4. The Kier molecular flexibility index (Phi) is 4.95. The van der Waals surface area contributed by atoms with Gasteiger partial charge in [0, 0.05) is 37.6 Å². The van der Waals surface area contributed by atoms with E-state index in [9.17, 15) is 4.79 Å². The number of hydrogen-bond donors (Lipinski definition) is 0. The van der Waals surface area contributed by atoms with Gasteiger partial charge in [-0.1, -0.05) is 47.2 Å². The second-order valence-corrected chi connectivity index (χ2v) is 8.05. The Bertz CT molecular complexity index is 1220. The molecule has 1 aliphatic rings. The lowest BCUT2D eigenvalue weighted by Crippen LogP contribution is -2.49. The third-order valence-electron chi connectivity index (χ3n) is 5.96. The maximum Gasteiger partial charge on any atom is 0.272 e. The maximum absolute atomic E-state index is 12.9. The summed E-state index contributed by atoms with van der Waals surface area (Å²) in [6.45, 7) is 4.07. The van der Waals surface area contributed by atoms with Crippen LogP contribution in [0.5, 0.6) is 0 Å². The van der Waals surface area contributed by atoms with Crippen LogP contribution in [0.4, 0.5) is 0 Å². The molecule has 0 saturated carbocycles. The number of carbonyl (C=O) groups is 1. The summed E-state index contributed by atoms with van der Waals surface area (Å²) in [6, 6.07) is 18.0. The Morgan fingerprint density at radius 1 is 1.00 bits per heavy atom. The van der Waals surface area contributed by atoms with Crippen LogP contribution in [-0.2, 0) is 0 Å². The van der Waals surface area contributed by atoms with Crippen molar-refractivity contribution in [2.24, 2.45) is 0 Å². The van der Waals surface area contributed by atoms with Gasteiger partial charge in [0.2, 0.25) is 0 Å². The molecule has 0 spiro atoms. The third-order valence-corrected chi connectivity index (χ3v) is 5.96. The molecule has 156 valence electrons. The summed E-state index contributed by atoms with van der Waals surface area (Å²) < 4.78 is 1.83. The fourth-order valence-electron chi connectivity index (χ4n) is 4.07.